The van der Waals surface area contributed by atoms with Crippen LogP contribution in [-0.4, -0.2) is 43.0 Å². The van der Waals surface area contributed by atoms with Crippen LogP contribution in [0.1, 0.15) is 27.2 Å². The van der Waals surface area contributed by atoms with Crippen molar-refractivity contribution in [1.82, 2.24) is 4.90 Å². The summed E-state index contributed by atoms with van der Waals surface area (Å²) in [6.07, 6.45) is 2.96. The van der Waals surface area contributed by atoms with Crippen LogP contribution in [0, 0.1) is 28.1 Å². The molecule has 4 heteroatoms. The van der Waals surface area contributed by atoms with Gasteiger partial charge in [0.15, 0.2) is 5.78 Å². The van der Waals surface area contributed by atoms with Crippen molar-refractivity contribution in [3.05, 3.63) is 11.6 Å². The number of nitriles is 1. The monoisotopic (exact) mass is 274 g/mol. The Balaban J connectivity index is 1.94. The number of hydrogen-bond donors (Lipinski definition) is 0. The zero-order valence-corrected chi connectivity index (χ0v) is 12.5. The summed E-state index contributed by atoms with van der Waals surface area (Å²) in [4.78, 5) is 14.9. The fourth-order valence-corrected chi connectivity index (χ4v) is 4.31. The summed E-state index contributed by atoms with van der Waals surface area (Å²) in [7, 11) is 0. The fraction of sp³-hybridized carbons (Fsp3) is 0.750. The van der Waals surface area contributed by atoms with Gasteiger partial charge in [0.25, 0.3) is 0 Å². The van der Waals surface area contributed by atoms with E-state index in [1.807, 2.05) is 19.9 Å². The molecule has 20 heavy (non-hydrogen) atoms. The predicted molar refractivity (Wildman–Crippen MR) is 74.9 cm³/mol. The quantitative estimate of drug-likeness (QED) is 0.731. The fourth-order valence-electron chi connectivity index (χ4n) is 4.31. The first-order chi connectivity index (χ1) is 9.38. The normalized spacial score (nSPS) is 37.6. The number of likely N-dealkylation sites (tertiary alicyclic amines) is 1. The maximum atomic E-state index is 12.4. The molecule has 108 valence electrons. The summed E-state index contributed by atoms with van der Waals surface area (Å²) < 4.78 is 5.29. The lowest BCUT2D eigenvalue weighted by molar-refractivity contribution is -0.137. The first-order valence-electron chi connectivity index (χ1n) is 7.38. The number of Topliss-reactive ketones (excluding diaryl/α,β-unsaturated/α-hetero) is 1. The van der Waals surface area contributed by atoms with E-state index in [1.54, 1.807) is 0 Å². The van der Waals surface area contributed by atoms with E-state index in [0.717, 1.165) is 32.7 Å². The number of ether oxygens (including phenoxy) is 1. The van der Waals surface area contributed by atoms with Crippen molar-refractivity contribution in [3.63, 3.8) is 0 Å². The van der Waals surface area contributed by atoms with Crippen LogP contribution in [0.15, 0.2) is 11.6 Å². The van der Waals surface area contributed by atoms with Gasteiger partial charge in [0.05, 0.1) is 24.8 Å². The minimum atomic E-state index is -0.434. The third-order valence-corrected chi connectivity index (χ3v) is 5.48. The molecule has 2 fully saturated rings. The molecule has 1 aliphatic carbocycles. The predicted octanol–water partition coefficient (Wildman–Crippen LogP) is 1.77. The number of carbonyl (C=O) groups excluding carboxylic acids is 1. The van der Waals surface area contributed by atoms with Crippen molar-refractivity contribution in [2.75, 3.05) is 26.3 Å². The Morgan fingerprint density at radius 2 is 2.10 bits per heavy atom. The van der Waals surface area contributed by atoms with Crippen LogP contribution in [0.4, 0.5) is 0 Å². The number of carbonyl (C=O) groups is 1. The van der Waals surface area contributed by atoms with Crippen LogP contribution >= 0.6 is 0 Å². The Morgan fingerprint density at radius 1 is 1.40 bits per heavy atom. The lowest BCUT2D eigenvalue weighted by atomic mass is 9.55. The van der Waals surface area contributed by atoms with Gasteiger partial charge in [-0.05, 0) is 18.9 Å². The lowest BCUT2D eigenvalue weighted by Crippen LogP contribution is -2.60. The van der Waals surface area contributed by atoms with Gasteiger partial charge in [0, 0.05) is 17.4 Å². The van der Waals surface area contributed by atoms with Gasteiger partial charge in [-0.3, -0.25) is 9.69 Å². The van der Waals surface area contributed by atoms with Crippen molar-refractivity contribution in [2.24, 2.45) is 16.7 Å². The molecule has 0 amide bonds. The molecule has 0 aromatic carbocycles. The Morgan fingerprint density at radius 3 is 2.65 bits per heavy atom. The van der Waals surface area contributed by atoms with Crippen molar-refractivity contribution >= 4 is 5.78 Å². The van der Waals surface area contributed by atoms with Gasteiger partial charge < -0.3 is 4.74 Å². The topological polar surface area (TPSA) is 53.3 Å². The van der Waals surface area contributed by atoms with Crippen molar-refractivity contribution in [3.8, 4) is 6.07 Å². The van der Waals surface area contributed by atoms with Crippen LogP contribution in [0.3, 0.4) is 0 Å². The summed E-state index contributed by atoms with van der Waals surface area (Å²) in [6.45, 7) is 9.80. The van der Waals surface area contributed by atoms with Gasteiger partial charge in [-0.25, -0.2) is 0 Å². The molecule has 3 rings (SSSR count). The lowest BCUT2D eigenvalue weighted by Gasteiger charge is -2.55. The molecular weight excluding hydrogens is 252 g/mol. The van der Waals surface area contributed by atoms with E-state index >= 15 is 0 Å². The molecule has 4 nitrogen and oxygen atoms in total. The van der Waals surface area contributed by atoms with Gasteiger partial charge in [-0.2, -0.15) is 5.26 Å². The van der Waals surface area contributed by atoms with E-state index in [9.17, 15) is 10.1 Å². The first kappa shape index (κ1) is 13.8. The number of rotatable bonds is 1. The highest BCUT2D eigenvalue weighted by Crippen LogP contribution is 2.52. The molecule has 2 saturated heterocycles. The molecule has 0 N–H and O–H groups in total. The summed E-state index contributed by atoms with van der Waals surface area (Å²) in [5.74, 6) is 0.333. The second kappa shape index (κ2) is 4.41. The molecule has 3 aliphatic rings. The van der Waals surface area contributed by atoms with E-state index in [4.69, 9.17) is 4.74 Å². The number of piperidine rings is 1. The second-order valence-corrected chi connectivity index (χ2v) is 7.23. The maximum absolute atomic E-state index is 12.4. The van der Waals surface area contributed by atoms with Crippen LogP contribution in [-0.2, 0) is 9.53 Å². The van der Waals surface area contributed by atoms with Crippen molar-refractivity contribution in [2.45, 2.75) is 33.2 Å². The molecule has 0 saturated carbocycles. The minimum Gasteiger partial charge on any atom is -0.378 e. The van der Waals surface area contributed by atoms with Gasteiger partial charge >= 0.3 is 0 Å². The van der Waals surface area contributed by atoms with E-state index in [2.05, 4.69) is 17.9 Å². The van der Waals surface area contributed by atoms with E-state index in [0.29, 0.717) is 17.5 Å². The smallest absolute Gasteiger partial charge is 0.178 e. The summed E-state index contributed by atoms with van der Waals surface area (Å²) in [5.41, 5.74) is -0.173. The second-order valence-electron chi connectivity index (χ2n) is 7.23. The molecule has 2 aliphatic heterocycles. The summed E-state index contributed by atoms with van der Waals surface area (Å²) in [5, 5.41) is 9.26. The van der Waals surface area contributed by atoms with Crippen LogP contribution in [0.2, 0.25) is 0 Å². The van der Waals surface area contributed by atoms with E-state index in [1.165, 1.54) is 0 Å². The molecular formula is C16H22N2O2. The summed E-state index contributed by atoms with van der Waals surface area (Å²) in [6, 6.07) is 2.63. The molecule has 0 radical (unpaired) electrons. The van der Waals surface area contributed by atoms with Crippen molar-refractivity contribution < 1.29 is 9.53 Å². The van der Waals surface area contributed by atoms with Gasteiger partial charge in [0.1, 0.15) is 6.07 Å². The first-order valence-corrected chi connectivity index (χ1v) is 7.38. The van der Waals surface area contributed by atoms with E-state index < -0.39 is 5.41 Å². The van der Waals surface area contributed by atoms with E-state index in [-0.39, 0.29) is 11.2 Å². The average Bonchev–Trinajstić information content (AvgIpc) is 2.31. The molecule has 0 bridgehead atoms. The van der Waals surface area contributed by atoms with Crippen LogP contribution < -0.4 is 0 Å². The SMILES string of the molecule is CC12C=C(C#N)C(=O)C(C)(C)C1CCN(C1COC1)C2. The Labute approximate surface area is 120 Å². The molecule has 2 atom stereocenters. The highest BCUT2D eigenvalue weighted by atomic mass is 16.5. The largest absolute Gasteiger partial charge is 0.378 e. The third kappa shape index (κ3) is 1.84. The maximum Gasteiger partial charge on any atom is 0.178 e. The number of ketones is 1. The molecule has 2 heterocycles. The van der Waals surface area contributed by atoms with Gasteiger partial charge in [-0.1, -0.05) is 26.8 Å². The number of fused-ring (bicyclic) bond motifs is 1. The number of nitrogens with zero attached hydrogens (tertiary/aromatic N) is 2. The minimum absolute atomic E-state index is 0.0166. The Bertz CT molecular complexity index is 513. The van der Waals surface area contributed by atoms with Crippen LogP contribution in [0.5, 0.6) is 0 Å². The highest BCUT2D eigenvalue weighted by Gasteiger charge is 2.54. The number of allylic oxidation sites excluding steroid dienone is 1. The molecule has 0 aromatic rings. The molecule has 0 aromatic heterocycles. The number of hydrogen-bond acceptors (Lipinski definition) is 4. The zero-order chi connectivity index (χ0) is 14.5. The zero-order valence-electron chi connectivity index (χ0n) is 12.5. The summed E-state index contributed by atoms with van der Waals surface area (Å²) >= 11 is 0. The standard InChI is InChI=1S/C16H22N2O2/c1-15(2)13-4-5-18(12-8-20-9-12)10-16(13,3)6-11(7-17)14(15)19/h6,12-13H,4-5,8-10H2,1-3H3. The van der Waals surface area contributed by atoms with Gasteiger partial charge in [0.2, 0.25) is 0 Å². The highest BCUT2D eigenvalue weighted by molar-refractivity contribution is 6.04. The third-order valence-electron chi connectivity index (χ3n) is 5.48. The molecule has 2 unspecified atom stereocenters. The van der Waals surface area contributed by atoms with Gasteiger partial charge in [-0.15, -0.1) is 0 Å². The van der Waals surface area contributed by atoms with Crippen LogP contribution in [0.25, 0.3) is 0 Å². The average molecular weight is 274 g/mol. The van der Waals surface area contributed by atoms with Crippen molar-refractivity contribution in [1.29, 1.82) is 5.26 Å². The Hall–Kier alpha value is -1.18. The molecule has 0 spiro atoms. The Kier molecular flexibility index (Phi) is 3.04.